The van der Waals surface area contributed by atoms with Crippen molar-refractivity contribution in [2.45, 2.75) is 380 Å². The molecule has 0 spiro atoms. The smallest absolute Gasteiger partial charge is 0.462 e. The molecule has 19 heteroatoms. The van der Waals surface area contributed by atoms with Crippen molar-refractivity contribution in [2.24, 2.45) is 5.92 Å². The monoisotopic (exact) mass is 1310 g/mol. The second kappa shape index (κ2) is 63.5. The Kier molecular flexibility index (Phi) is 62.1. The number of hydrogen-bond acceptors (Lipinski definition) is 15. The minimum absolute atomic E-state index is 0.106. The van der Waals surface area contributed by atoms with E-state index in [1.807, 2.05) is 0 Å². The highest BCUT2D eigenvalue weighted by molar-refractivity contribution is 7.47. The average molecular weight is 1310 g/mol. The molecule has 3 N–H and O–H groups in total. The fourth-order valence-electron chi connectivity index (χ4n) is 10.6. The summed E-state index contributed by atoms with van der Waals surface area (Å²) in [6.45, 7) is 7.22. The van der Waals surface area contributed by atoms with E-state index in [4.69, 9.17) is 37.0 Å². The van der Waals surface area contributed by atoms with E-state index >= 15 is 0 Å². The van der Waals surface area contributed by atoms with Crippen molar-refractivity contribution in [3.8, 4) is 0 Å². The van der Waals surface area contributed by atoms with Crippen LogP contribution in [-0.4, -0.2) is 96.7 Å². The Balaban J connectivity index is 5.16. The number of phosphoric ester groups is 2. The van der Waals surface area contributed by atoms with Gasteiger partial charge in [-0.15, -0.1) is 0 Å². The van der Waals surface area contributed by atoms with Crippen LogP contribution >= 0.6 is 15.6 Å². The lowest BCUT2D eigenvalue weighted by atomic mass is 10.0. The normalized spacial score (nSPS) is 14.1. The third kappa shape index (κ3) is 64.6. The molecule has 0 bridgehead atoms. The van der Waals surface area contributed by atoms with Gasteiger partial charge in [0.25, 0.3) is 0 Å². The van der Waals surface area contributed by atoms with Gasteiger partial charge >= 0.3 is 39.5 Å². The largest absolute Gasteiger partial charge is 0.472 e. The number of esters is 4. The summed E-state index contributed by atoms with van der Waals surface area (Å²) in [4.78, 5) is 72.3. The number of carbonyl (C=O) groups excluding carboxylic acids is 4. The van der Waals surface area contributed by atoms with Crippen LogP contribution in [0.2, 0.25) is 0 Å². The molecule has 0 rings (SSSR count). The summed E-state index contributed by atoms with van der Waals surface area (Å²) in [5, 5.41) is 10.6. The van der Waals surface area contributed by atoms with E-state index in [1.54, 1.807) is 0 Å². The number of phosphoric acid groups is 2. The molecule has 5 atom stereocenters. The molecule has 0 aromatic rings. The molecule has 0 radical (unpaired) electrons. The zero-order valence-corrected chi connectivity index (χ0v) is 59.4. The maximum atomic E-state index is 13.0. The van der Waals surface area contributed by atoms with Gasteiger partial charge in [-0.25, -0.2) is 9.13 Å². The second-order valence-corrected chi connectivity index (χ2v) is 28.7. The number of aliphatic hydroxyl groups excluding tert-OH is 1. The molecule has 0 saturated carbocycles. The Morgan fingerprint density at radius 3 is 0.764 bits per heavy atom. The first-order chi connectivity index (χ1) is 43.0. The van der Waals surface area contributed by atoms with E-state index in [2.05, 4.69) is 34.6 Å². The predicted octanol–water partition coefficient (Wildman–Crippen LogP) is 20.1. The van der Waals surface area contributed by atoms with Gasteiger partial charge in [0.1, 0.15) is 19.3 Å². The first-order valence-electron chi connectivity index (χ1n) is 36.6. The second-order valence-electron chi connectivity index (χ2n) is 25.7. The van der Waals surface area contributed by atoms with Gasteiger partial charge in [-0.3, -0.25) is 37.3 Å². The highest BCUT2D eigenvalue weighted by atomic mass is 31.2. The van der Waals surface area contributed by atoms with Gasteiger partial charge in [-0.05, 0) is 31.6 Å². The number of hydrogen-bond donors (Lipinski definition) is 3. The average Bonchev–Trinajstić information content (AvgIpc) is 3.57. The van der Waals surface area contributed by atoms with Crippen molar-refractivity contribution >= 4 is 39.5 Å². The molecule has 0 fully saturated rings. The van der Waals surface area contributed by atoms with Crippen LogP contribution < -0.4 is 0 Å². The summed E-state index contributed by atoms with van der Waals surface area (Å²) in [6.07, 6.45) is 50.1. The van der Waals surface area contributed by atoms with Crippen molar-refractivity contribution in [3.63, 3.8) is 0 Å². The van der Waals surface area contributed by atoms with Crippen molar-refractivity contribution in [1.82, 2.24) is 0 Å². The summed E-state index contributed by atoms with van der Waals surface area (Å²) < 4.78 is 68.1. The van der Waals surface area contributed by atoms with Crippen LogP contribution in [0.5, 0.6) is 0 Å². The highest BCUT2D eigenvalue weighted by Gasteiger charge is 2.30. The molecule has 0 saturated heterocycles. The number of rotatable bonds is 70. The lowest BCUT2D eigenvalue weighted by Gasteiger charge is -2.21. The topological polar surface area (TPSA) is 237 Å². The predicted molar refractivity (Wildman–Crippen MR) is 358 cm³/mol. The first-order valence-corrected chi connectivity index (χ1v) is 39.6. The molecule has 0 aliphatic heterocycles. The van der Waals surface area contributed by atoms with Crippen LogP contribution in [0.1, 0.15) is 362 Å². The van der Waals surface area contributed by atoms with Crippen molar-refractivity contribution < 1.29 is 80.2 Å². The van der Waals surface area contributed by atoms with Crippen LogP contribution in [-0.2, 0) is 65.4 Å². The fourth-order valence-corrected chi connectivity index (χ4v) is 12.2. The lowest BCUT2D eigenvalue weighted by molar-refractivity contribution is -0.161. The van der Waals surface area contributed by atoms with Gasteiger partial charge in [0.05, 0.1) is 26.4 Å². The molecule has 0 aliphatic rings. The van der Waals surface area contributed by atoms with Crippen LogP contribution in [0.15, 0.2) is 0 Å². The van der Waals surface area contributed by atoms with E-state index in [0.717, 1.165) is 109 Å². The number of ether oxygens (including phenoxy) is 4. The molecule has 0 aromatic heterocycles. The van der Waals surface area contributed by atoms with Crippen LogP contribution in [0.25, 0.3) is 0 Å². The van der Waals surface area contributed by atoms with Gasteiger partial charge < -0.3 is 33.8 Å². The van der Waals surface area contributed by atoms with Gasteiger partial charge in [0.15, 0.2) is 12.2 Å². The molecular formula is C70H136O17P2. The van der Waals surface area contributed by atoms with Gasteiger partial charge in [-0.1, -0.05) is 311 Å². The van der Waals surface area contributed by atoms with E-state index in [0.29, 0.717) is 25.7 Å². The molecule has 0 aromatic carbocycles. The Hall–Kier alpha value is -1.94. The number of unbranched alkanes of at least 4 members (excludes halogenated alkanes) is 42. The summed E-state index contributed by atoms with van der Waals surface area (Å²) >= 11 is 0. The molecule has 0 amide bonds. The zero-order valence-electron chi connectivity index (χ0n) is 57.6. The van der Waals surface area contributed by atoms with E-state index in [9.17, 15) is 43.2 Å². The Morgan fingerprint density at radius 1 is 0.303 bits per heavy atom. The van der Waals surface area contributed by atoms with E-state index < -0.39 is 97.5 Å². The molecule has 0 aliphatic carbocycles. The summed E-state index contributed by atoms with van der Waals surface area (Å²) in [6, 6.07) is 0. The molecular weight excluding hydrogens is 1170 g/mol. The lowest BCUT2D eigenvalue weighted by Crippen LogP contribution is -2.30. The maximum Gasteiger partial charge on any atom is 0.472 e. The van der Waals surface area contributed by atoms with Crippen LogP contribution in [0.3, 0.4) is 0 Å². The SMILES string of the molecule is CCCCCCCCCCCCCCCCC(=O)OC[C@H](COP(=O)(O)OC[C@@H](O)COP(=O)(O)OC[C@@H](COC(=O)CCCCCCCCC)OC(=O)CCCCCCCCCCC)OC(=O)CCCCCCCCCCCCCCCCCCC(C)C. The summed E-state index contributed by atoms with van der Waals surface area (Å²) in [7, 11) is -9.89. The van der Waals surface area contributed by atoms with Crippen molar-refractivity contribution in [1.29, 1.82) is 0 Å². The Labute approximate surface area is 543 Å². The Bertz CT molecular complexity index is 1720. The molecule has 528 valence electrons. The van der Waals surface area contributed by atoms with Crippen molar-refractivity contribution in [3.05, 3.63) is 0 Å². The number of carbonyl (C=O) groups is 4. The van der Waals surface area contributed by atoms with Crippen molar-refractivity contribution in [2.75, 3.05) is 39.6 Å². The molecule has 89 heavy (non-hydrogen) atoms. The van der Waals surface area contributed by atoms with Gasteiger partial charge in [0.2, 0.25) is 0 Å². The number of aliphatic hydroxyl groups is 1. The summed E-state index contributed by atoms with van der Waals surface area (Å²) in [5.74, 6) is -1.32. The third-order valence-electron chi connectivity index (χ3n) is 16.3. The fraction of sp³-hybridized carbons (Fsp3) is 0.943. The van der Waals surface area contributed by atoms with Gasteiger partial charge in [-0.2, -0.15) is 0 Å². The minimum atomic E-state index is -4.95. The maximum absolute atomic E-state index is 13.0. The minimum Gasteiger partial charge on any atom is -0.462 e. The molecule has 17 nitrogen and oxygen atoms in total. The van der Waals surface area contributed by atoms with E-state index in [-0.39, 0.29) is 25.7 Å². The van der Waals surface area contributed by atoms with Gasteiger partial charge in [0, 0.05) is 25.7 Å². The standard InChI is InChI=1S/C70H136O17P2/c1-6-9-12-15-18-20-21-22-28-31-35-39-44-49-54-68(73)81-60-66(87-70(75)56-51-46-41-36-32-29-26-24-23-25-27-30-34-38-42-47-52-63(4)5)62-85-89(78,79)83-58-64(71)57-82-88(76,77)84-61-65(59-80-67(72)53-48-43-37-17-14-11-8-3)86-69(74)55-50-45-40-33-19-16-13-10-7-2/h63-66,71H,6-62H2,1-5H3,(H,76,77)(H,78,79)/t64-,65+,66+/m0/s1. The van der Waals surface area contributed by atoms with Crippen LogP contribution in [0, 0.1) is 5.92 Å². The third-order valence-corrected chi connectivity index (χ3v) is 18.2. The molecule has 2 unspecified atom stereocenters. The highest BCUT2D eigenvalue weighted by Crippen LogP contribution is 2.45. The first kappa shape index (κ1) is 87.1. The quantitative estimate of drug-likeness (QED) is 0.0222. The summed E-state index contributed by atoms with van der Waals surface area (Å²) in [5.41, 5.74) is 0. The Morgan fingerprint density at radius 2 is 0.517 bits per heavy atom. The van der Waals surface area contributed by atoms with Crippen LogP contribution in [0.4, 0.5) is 0 Å². The van der Waals surface area contributed by atoms with E-state index in [1.165, 1.54) is 173 Å². The zero-order chi connectivity index (χ0) is 65.6. The molecule has 0 heterocycles.